The lowest BCUT2D eigenvalue weighted by Gasteiger charge is -2.07. The van der Waals surface area contributed by atoms with Gasteiger partial charge in [-0.15, -0.1) is 12.4 Å². The maximum Gasteiger partial charge on any atom is 0.257 e. The first kappa shape index (κ1) is 8.80. The molecule has 1 N–H and O–H groups in total. The van der Waals surface area contributed by atoms with E-state index in [-0.39, 0.29) is 18.0 Å². The van der Waals surface area contributed by atoms with E-state index in [0.29, 0.717) is 17.9 Å². The summed E-state index contributed by atoms with van der Waals surface area (Å²) in [5.41, 5.74) is 1.16. The molecule has 0 amide bonds. The van der Waals surface area contributed by atoms with Crippen molar-refractivity contribution < 1.29 is 4.74 Å². The van der Waals surface area contributed by atoms with Crippen LogP contribution in [-0.2, 0) is 11.3 Å². The van der Waals surface area contributed by atoms with Gasteiger partial charge >= 0.3 is 0 Å². The van der Waals surface area contributed by atoms with Gasteiger partial charge in [0.2, 0.25) is 0 Å². The molecule has 4 nitrogen and oxygen atoms in total. The fraction of sp³-hybridized carbons (Fsp3) is 0.143. The number of nitrogens with zero attached hydrogens (tertiary/aromatic N) is 1. The second-order valence-corrected chi connectivity index (χ2v) is 2.21. The maximum atomic E-state index is 11.1. The zero-order valence-corrected chi connectivity index (χ0v) is 6.93. The van der Waals surface area contributed by atoms with Crippen LogP contribution in [0.25, 0.3) is 6.08 Å². The Morgan fingerprint density at radius 2 is 2.42 bits per heavy atom. The third-order valence-corrected chi connectivity index (χ3v) is 1.53. The van der Waals surface area contributed by atoms with E-state index < -0.39 is 0 Å². The van der Waals surface area contributed by atoms with Crippen LogP contribution in [0.3, 0.4) is 0 Å². The Hall–Kier alpha value is -1.29. The van der Waals surface area contributed by atoms with Crippen LogP contribution in [0, 0.1) is 0 Å². The number of rotatable bonds is 0. The maximum absolute atomic E-state index is 11.1. The first-order valence-corrected chi connectivity index (χ1v) is 3.22. The van der Waals surface area contributed by atoms with Crippen LogP contribution in [0.4, 0.5) is 0 Å². The smallest absolute Gasteiger partial charge is 0.257 e. The van der Waals surface area contributed by atoms with Gasteiger partial charge in [0.15, 0.2) is 0 Å². The van der Waals surface area contributed by atoms with E-state index in [4.69, 9.17) is 4.74 Å². The summed E-state index contributed by atoms with van der Waals surface area (Å²) in [6.45, 7) is 0.314. The highest BCUT2D eigenvalue weighted by Crippen LogP contribution is 2.08. The van der Waals surface area contributed by atoms with Gasteiger partial charge < -0.3 is 9.72 Å². The minimum atomic E-state index is -0.126. The van der Waals surface area contributed by atoms with Crippen LogP contribution in [0.5, 0.6) is 0 Å². The second kappa shape index (κ2) is 3.40. The van der Waals surface area contributed by atoms with Gasteiger partial charge in [-0.1, -0.05) is 0 Å². The van der Waals surface area contributed by atoms with Crippen LogP contribution in [-0.4, -0.2) is 9.97 Å². The number of aromatic amines is 1. The molecule has 0 unspecified atom stereocenters. The summed E-state index contributed by atoms with van der Waals surface area (Å²) in [6.07, 6.45) is 4.60. The van der Waals surface area contributed by atoms with Gasteiger partial charge in [0.1, 0.15) is 6.61 Å². The van der Waals surface area contributed by atoms with Crippen molar-refractivity contribution in [1.29, 1.82) is 0 Å². The Morgan fingerprint density at radius 3 is 3.17 bits per heavy atom. The van der Waals surface area contributed by atoms with Gasteiger partial charge in [0, 0.05) is 0 Å². The number of nitrogens with one attached hydrogen (secondary N) is 1. The van der Waals surface area contributed by atoms with Crippen LogP contribution >= 0.6 is 12.4 Å². The van der Waals surface area contributed by atoms with Crippen molar-refractivity contribution in [2.24, 2.45) is 0 Å². The lowest BCUT2D eigenvalue weighted by atomic mass is 10.2. The number of hydrogen-bond acceptors (Lipinski definition) is 3. The van der Waals surface area contributed by atoms with E-state index in [1.807, 2.05) is 0 Å². The Bertz CT molecular complexity index is 359. The van der Waals surface area contributed by atoms with Crippen molar-refractivity contribution >= 4 is 18.5 Å². The fourth-order valence-electron chi connectivity index (χ4n) is 0.969. The lowest BCUT2D eigenvalue weighted by Crippen LogP contribution is -2.17. The van der Waals surface area contributed by atoms with Crippen molar-refractivity contribution in [2.45, 2.75) is 6.61 Å². The van der Waals surface area contributed by atoms with E-state index in [0.717, 1.165) is 0 Å². The van der Waals surface area contributed by atoms with Gasteiger partial charge in [-0.05, 0) is 6.08 Å². The quantitative estimate of drug-likeness (QED) is 0.649. The molecule has 2 rings (SSSR count). The van der Waals surface area contributed by atoms with Crippen LogP contribution < -0.4 is 5.56 Å². The summed E-state index contributed by atoms with van der Waals surface area (Å²) in [4.78, 5) is 17.5. The van der Waals surface area contributed by atoms with Gasteiger partial charge in [-0.2, -0.15) is 0 Å². The summed E-state index contributed by atoms with van der Waals surface area (Å²) in [7, 11) is 0. The molecule has 64 valence electrons. The lowest BCUT2D eigenvalue weighted by molar-refractivity contribution is 0.232. The van der Waals surface area contributed by atoms with Gasteiger partial charge in [0.25, 0.3) is 5.56 Å². The molecule has 1 aromatic heterocycles. The molecule has 0 fully saturated rings. The van der Waals surface area contributed by atoms with Crippen LogP contribution in [0.1, 0.15) is 11.3 Å². The summed E-state index contributed by atoms with van der Waals surface area (Å²) >= 11 is 0. The highest BCUT2D eigenvalue weighted by Gasteiger charge is 2.08. The molecule has 2 heterocycles. The summed E-state index contributed by atoms with van der Waals surface area (Å²) in [5, 5.41) is 0. The summed E-state index contributed by atoms with van der Waals surface area (Å²) < 4.78 is 4.94. The van der Waals surface area contributed by atoms with Gasteiger partial charge in [-0.3, -0.25) is 4.79 Å². The number of H-pyrrole nitrogens is 1. The van der Waals surface area contributed by atoms with Crippen molar-refractivity contribution in [3.8, 4) is 0 Å². The van der Waals surface area contributed by atoms with Crippen molar-refractivity contribution in [3.05, 3.63) is 34.2 Å². The van der Waals surface area contributed by atoms with Crippen LogP contribution in [0.15, 0.2) is 17.4 Å². The molecular weight excluding hydrogens is 180 g/mol. The molecule has 12 heavy (non-hydrogen) atoms. The molecule has 0 saturated heterocycles. The molecule has 0 radical (unpaired) electrons. The highest BCUT2D eigenvalue weighted by molar-refractivity contribution is 5.85. The minimum Gasteiger partial charge on any atom is -0.496 e. The average Bonchev–Trinajstić information content (AvgIpc) is 2.06. The van der Waals surface area contributed by atoms with Gasteiger partial charge in [0.05, 0.1) is 23.8 Å². The molecule has 1 aliphatic heterocycles. The predicted molar refractivity (Wildman–Crippen MR) is 45.9 cm³/mol. The third-order valence-electron chi connectivity index (χ3n) is 1.53. The molecule has 5 heteroatoms. The number of aromatic nitrogens is 2. The fourth-order valence-corrected chi connectivity index (χ4v) is 0.969. The molecule has 0 bridgehead atoms. The molecule has 0 saturated carbocycles. The monoisotopic (exact) mass is 186 g/mol. The zero-order valence-electron chi connectivity index (χ0n) is 6.11. The van der Waals surface area contributed by atoms with E-state index in [1.165, 1.54) is 12.6 Å². The first-order chi connectivity index (χ1) is 5.38. The second-order valence-electron chi connectivity index (χ2n) is 2.21. The molecule has 0 aliphatic carbocycles. The largest absolute Gasteiger partial charge is 0.496 e. The molecule has 0 atom stereocenters. The minimum absolute atomic E-state index is 0. The van der Waals surface area contributed by atoms with Crippen molar-refractivity contribution in [1.82, 2.24) is 9.97 Å². The molecule has 0 aromatic carbocycles. The highest BCUT2D eigenvalue weighted by atomic mass is 35.5. The number of hydrogen-bond donors (Lipinski definition) is 1. The predicted octanol–water partition coefficient (Wildman–Crippen LogP) is 0.693. The van der Waals surface area contributed by atoms with E-state index in [2.05, 4.69) is 9.97 Å². The Morgan fingerprint density at radius 1 is 1.58 bits per heavy atom. The molecule has 1 aliphatic rings. The molecule has 1 aromatic rings. The Labute approximate surface area is 74.7 Å². The van der Waals surface area contributed by atoms with Gasteiger partial charge in [-0.25, -0.2) is 4.98 Å². The van der Waals surface area contributed by atoms with Crippen molar-refractivity contribution in [2.75, 3.05) is 0 Å². The standard InChI is InChI=1S/C7H6N2O2.ClH/c10-7-5-3-11-2-1-6(5)8-4-9-7;/h1-2,4H,3H2,(H,8,9,10);1H. The molecular formula is C7H7ClN2O2. The summed E-state index contributed by atoms with van der Waals surface area (Å²) in [6, 6.07) is 0. The van der Waals surface area contributed by atoms with E-state index >= 15 is 0 Å². The topological polar surface area (TPSA) is 55.0 Å². The first-order valence-electron chi connectivity index (χ1n) is 3.22. The normalized spacial score (nSPS) is 12.7. The van der Waals surface area contributed by atoms with Crippen LogP contribution in [0.2, 0.25) is 0 Å². The SMILES string of the molecule is Cl.O=c1[nH]cnc2c1COC=C2. The Balaban J connectivity index is 0.000000720. The third kappa shape index (κ3) is 1.33. The van der Waals surface area contributed by atoms with E-state index in [1.54, 1.807) is 6.08 Å². The number of halogens is 1. The summed E-state index contributed by atoms with van der Waals surface area (Å²) in [5.74, 6) is 0. The molecule has 0 spiro atoms. The van der Waals surface area contributed by atoms with Crippen molar-refractivity contribution in [3.63, 3.8) is 0 Å². The number of fused-ring (bicyclic) bond motifs is 1. The zero-order chi connectivity index (χ0) is 7.68. The average molecular weight is 187 g/mol. The Kier molecular flexibility index (Phi) is 2.50. The number of ether oxygens (including phenoxy) is 1. The van der Waals surface area contributed by atoms with E-state index in [9.17, 15) is 4.79 Å².